The van der Waals surface area contributed by atoms with Crippen LogP contribution in [-0.2, 0) is 6.54 Å². The Morgan fingerprint density at radius 1 is 1.18 bits per heavy atom. The second-order valence-corrected chi connectivity index (χ2v) is 4.66. The van der Waals surface area contributed by atoms with Gasteiger partial charge >= 0.3 is 0 Å². The Balaban J connectivity index is 2.10. The van der Waals surface area contributed by atoms with Gasteiger partial charge in [0.2, 0.25) is 0 Å². The van der Waals surface area contributed by atoms with E-state index < -0.39 is 0 Å². The zero-order chi connectivity index (χ0) is 12.3. The molecule has 0 bridgehead atoms. The van der Waals surface area contributed by atoms with Crippen LogP contribution in [0.3, 0.4) is 0 Å². The van der Waals surface area contributed by atoms with Crippen molar-refractivity contribution in [2.24, 2.45) is 11.7 Å². The molecule has 0 saturated heterocycles. The van der Waals surface area contributed by atoms with Crippen LogP contribution in [0.5, 0.6) is 0 Å². The molecule has 0 radical (unpaired) electrons. The zero-order valence-corrected chi connectivity index (χ0v) is 11.0. The maximum Gasteiger partial charge on any atom is 0.0205 e. The Hall–Kier alpha value is -0.860. The van der Waals surface area contributed by atoms with Crippen LogP contribution >= 0.6 is 0 Å². The van der Waals surface area contributed by atoms with Crippen molar-refractivity contribution >= 4 is 0 Å². The first-order valence-corrected chi connectivity index (χ1v) is 6.81. The topological polar surface area (TPSA) is 38.0 Å². The highest BCUT2D eigenvalue weighted by atomic mass is 14.8. The van der Waals surface area contributed by atoms with Crippen molar-refractivity contribution in [1.29, 1.82) is 0 Å². The normalized spacial score (nSPS) is 12.6. The lowest BCUT2D eigenvalue weighted by Crippen LogP contribution is -2.18. The Labute approximate surface area is 106 Å². The average Bonchev–Trinajstić information content (AvgIpc) is 2.39. The molecular formula is C15H26N2. The SMILES string of the molecule is CCC(CCCN)CCNCc1ccccc1. The molecule has 0 saturated carbocycles. The summed E-state index contributed by atoms with van der Waals surface area (Å²) < 4.78 is 0. The minimum absolute atomic E-state index is 0.827. The third kappa shape index (κ3) is 6.44. The van der Waals surface area contributed by atoms with Gasteiger partial charge in [-0.3, -0.25) is 0 Å². The van der Waals surface area contributed by atoms with E-state index in [9.17, 15) is 0 Å². The molecule has 2 nitrogen and oxygen atoms in total. The van der Waals surface area contributed by atoms with Crippen molar-refractivity contribution in [3.05, 3.63) is 35.9 Å². The van der Waals surface area contributed by atoms with Crippen LogP contribution in [0, 0.1) is 5.92 Å². The summed E-state index contributed by atoms with van der Waals surface area (Å²) in [6.07, 6.45) is 4.98. The molecule has 1 aromatic rings. The van der Waals surface area contributed by atoms with Gasteiger partial charge in [-0.05, 0) is 43.8 Å². The molecule has 0 aromatic heterocycles. The van der Waals surface area contributed by atoms with Crippen molar-refractivity contribution in [1.82, 2.24) is 5.32 Å². The van der Waals surface area contributed by atoms with Crippen molar-refractivity contribution in [3.8, 4) is 0 Å². The Morgan fingerprint density at radius 2 is 1.94 bits per heavy atom. The van der Waals surface area contributed by atoms with Gasteiger partial charge in [0.1, 0.15) is 0 Å². The highest BCUT2D eigenvalue weighted by Gasteiger charge is 2.04. The first-order chi connectivity index (χ1) is 8.36. The summed E-state index contributed by atoms with van der Waals surface area (Å²) in [4.78, 5) is 0. The molecule has 0 aliphatic rings. The van der Waals surface area contributed by atoms with Gasteiger partial charge in [-0.2, -0.15) is 0 Å². The van der Waals surface area contributed by atoms with E-state index >= 15 is 0 Å². The number of rotatable bonds is 9. The van der Waals surface area contributed by atoms with Crippen LogP contribution < -0.4 is 11.1 Å². The number of hydrogen-bond acceptors (Lipinski definition) is 2. The van der Waals surface area contributed by atoms with Crippen molar-refractivity contribution in [3.63, 3.8) is 0 Å². The number of nitrogens with one attached hydrogen (secondary N) is 1. The molecule has 1 unspecified atom stereocenters. The van der Waals surface area contributed by atoms with E-state index in [1.54, 1.807) is 0 Å². The van der Waals surface area contributed by atoms with Gasteiger partial charge in [-0.25, -0.2) is 0 Å². The molecule has 0 aliphatic carbocycles. The third-order valence-corrected chi connectivity index (χ3v) is 3.30. The summed E-state index contributed by atoms with van der Waals surface area (Å²) in [6.45, 7) is 5.19. The predicted octanol–water partition coefficient (Wildman–Crippen LogP) is 2.93. The van der Waals surface area contributed by atoms with Crippen LogP contribution in [0.4, 0.5) is 0 Å². The van der Waals surface area contributed by atoms with Gasteiger partial charge in [0, 0.05) is 6.54 Å². The molecule has 2 heteroatoms. The van der Waals surface area contributed by atoms with E-state index in [-0.39, 0.29) is 0 Å². The molecule has 1 atom stereocenters. The van der Waals surface area contributed by atoms with Gasteiger partial charge in [0.25, 0.3) is 0 Å². The van der Waals surface area contributed by atoms with E-state index in [2.05, 4.69) is 42.6 Å². The summed E-state index contributed by atoms with van der Waals surface area (Å²) in [5.74, 6) is 0.835. The van der Waals surface area contributed by atoms with Crippen LogP contribution in [-0.4, -0.2) is 13.1 Å². The number of nitrogens with two attached hydrogens (primary N) is 1. The summed E-state index contributed by atoms with van der Waals surface area (Å²) in [5.41, 5.74) is 6.91. The maximum atomic E-state index is 5.55. The van der Waals surface area contributed by atoms with Gasteiger partial charge < -0.3 is 11.1 Å². The monoisotopic (exact) mass is 234 g/mol. The standard InChI is InChI=1S/C15H26N2/c1-2-14(9-6-11-16)10-12-17-13-15-7-4-3-5-8-15/h3-5,7-8,14,17H,2,6,9-13,16H2,1H3. The van der Waals surface area contributed by atoms with Gasteiger partial charge in [0.15, 0.2) is 0 Å². The van der Waals surface area contributed by atoms with Gasteiger partial charge in [-0.15, -0.1) is 0 Å². The second kappa shape index (κ2) is 9.20. The molecule has 96 valence electrons. The molecule has 0 heterocycles. The largest absolute Gasteiger partial charge is 0.330 e. The predicted molar refractivity (Wildman–Crippen MR) is 74.8 cm³/mol. The third-order valence-electron chi connectivity index (χ3n) is 3.30. The smallest absolute Gasteiger partial charge is 0.0205 e. The van der Waals surface area contributed by atoms with Crippen molar-refractivity contribution in [2.75, 3.05) is 13.1 Å². The first kappa shape index (κ1) is 14.2. The van der Waals surface area contributed by atoms with E-state index in [4.69, 9.17) is 5.73 Å². The second-order valence-electron chi connectivity index (χ2n) is 4.66. The maximum absolute atomic E-state index is 5.55. The summed E-state index contributed by atoms with van der Waals surface area (Å²) in [5, 5.41) is 3.51. The fourth-order valence-electron chi connectivity index (χ4n) is 2.09. The van der Waals surface area contributed by atoms with E-state index in [0.717, 1.165) is 32.0 Å². The molecular weight excluding hydrogens is 208 g/mol. The van der Waals surface area contributed by atoms with Crippen LogP contribution in [0.1, 0.15) is 38.2 Å². The van der Waals surface area contributed by atoms with E-state index in [1.807, 2.05) is 0 Å². The molecule has 0 spiro atoms. The quantitative estimate of drug-likeness (QED) is 0.645. The minimum atomic E-state index is 0.827. The number of benzene rings is 1. The highest BCUT2D eigenvalue weighted by Crippen LogP contribution is 2.14. The highest BCUT2D eigenvalue weighted by molar-refractivity contribution is 5.14. The Kier molecular flexibility index (Phi) is 7.69. The number of hydrogen-bond donors (Lipinski definition) is 2. The van der Waals surface area contributed by atoms with E-state index in [0.29, 0.717) is 0 Å². The first-order valence-electron chi connectivity index (χ1n) is 6.81. The lowest BCUT2D eigenvalue weighted by atomic mass is 9.96. The van der Waals surface area contributed by atoms with Crippen LogP contribution in [0.2, 0.25) is 0 Å². The fourth-order valence-corrected chi connectivity index (χ4v) is 2.09. The molecule has 0 amide bonds. The van der Waals surface area contributed by atoms with Crippen LogP contribution in [0.15, 0.2) is 30.3 Å². The fraction of sp³-hybridized carbons (Fsp3) is 0.600. The average molecular weight is 234 g/mol. The summed E-state index contributed by atoms with van der Waals surface area (Å²) >= 11 is 0. The molecule has 17 heavy (non-hydrogen) atoms. The molecule has 1 aromatic carbocycles. The Bertz CT molecular complexity index is 272. The lowest BCUT2D eigenvalue weighted by Gasteiger charge is -2.14. The van der Waals surface area contributed by atoms with Gasteiger partial charge in [-0.1, -0.05) is 43.7 Å². The van der Waals surface area contributed by atoms with Crippen LogP contribution in [0.25, 0.3) is 0 Å². The summed E-state index contributed by atoms with van der Waals surface area (Å²) in [6, 6.07) is 10.6. The van der Waals surface area contributed by atoms with E-state index in [1.165, 1.54) is 24.8 Å². The molecule has 1 rings (SSSR count). The Morgan fingerprint density at radius 3 is 2.59 bits per heavy atom. The molecule has 0 aliphatic heterocycles. The van der Waals surface area contributed by atoms with Crippen molar-refractivity contribution < 1.29 is 0 Å². The van der Waals surface area contributed by atoms with Gasteiger partial charge in [0.05, 0.1) is 0 Å². The lowest BCUT2D eigenvalue weighted by molar-refractivity contribution is 0.413. The molecule has 0 fully saturated rings. The minimum Gasteiger partial charge on any atom is -0.330 e. The molecule has 3 N–H and O–H groups in total. The summed E-state index contributed by atoms with van der Waals surface area (Å²) in [7, 11) is 0. The van der Waals surface area contributed by atoms with Crippen molar-refractivity contribution in [2.45, 2.75) is 39.2 Å². The zero-order valence-electron chi connectivity index (χ0n) is 11.0.